The molecule has 1 aliphatic heterocycles. The quantitative estimate of drug-likeness (QED) is 0.547. The maximum Gasteiger partial charge on any atom is 0.418 e. The molecule has 1 aliphatic rings. The largest absolute Gasteiger partial charge is 0.465 e. The van der Waals surface area contributed by atoms with Crippen molar-refractivity contribution in [2.45, 2.75) is 37.2 Å². The lowest BCUT2D eigenvalue weighted by Gasteiger charge is -2.40. The summed E-state index contributed by atoms with van der Waals surface area (Å²) in [7, 11) is 0.988. The van der Waals surface area contributed by atoms with Gasteiger partial charge < -0.3 is 20.1 Å². The van der Waals surface area contributed by atoms with E-state index >= 15 is 4.39 Å². The molecule has 0 unspecified atom stereocenters. The number of carbonyl (C=O) groups is 2. The number of alkyl halides is 6. The SMILES string of the molecule is COC(=O)c1ccc(C(F)(F)F)c(N[C@@H](C(F)F)C2(F)CCN(C(=O)O)CC2)c1. The number of likely N-dealkylation sites (tertiary alicyclic amines) is 1. The predicted molar refractivity (Wildman–Crippen MR) is 88.9 cm³/mol. The number of esters is 1. The average Bonchev–Trinajstić information content (AvgIpc) is 2.64. The summed E-state index contributed by atoms with van der Waals surface area (Å²) in [6, 6.07) is -0.366. The average molecular weight is 428 g/mol. The summed E-state index contributed by atoms with van der Waals surface area (Å²) >= 11 is 0. The molecule has 2 N–H and O–H groups in total. The Morgan fingerprint density at radius 3 is 2.28 bits per heavy atom. The Hall–Kier alpha value is -2.66. The minimum absolute atomic E-state index is 0.343. The van der Waals surface area contributed by atoms with Gasteiger partial charge in [-0.1, -0.05) is 0 Å². The Kier molecular flexibility index (Phi) is 6.53. The molecule has 1 fully saturated rings. The van der Waals surface area contributed by atoms with Crippen molar-refractivity contribution in [1.29, 1.82) is 0 Å². The van der Waals surface area contributed by atoms with Crippen molar-refractivity contribution in [2.75, 3.05) is 25.5 Å². The van der Waals surface area contributed by atoms with E-state index in [1.807, 2.05) is 5.32 Å². The van der Waals surface area contributed by atoms with Gasteiger partial charge in [0, 0.05) is 31.6 Å². The van der Waals surface area contributed by atoms with Gasteiger partial charge in [-0.2, -0.15) is 13.2 Å². The third kappa shape index (κ3) is 5.04. The fraction of sp³-hybridized carbons (Fsp3) is 0.529. The first kappa shape index (κ1) is 22.6. The molecule has 1 aromatic carbocycles. The number of benzene rings is 1. The van der Waals surface area contributed by atoms with Crippen LogP contribution in [0.1, 0.15) is 28.8 Å². The second kappa shape index (κ2) is 8.37. The van der Waals surface area contributed by atoms with E-state index < -0.39 is 60.5 Å². The lowest BCUT2D eigenvalue weighted by molar-refractivity contribution is -0.137. The number of rotatable bonds is 5. The Labute approximate surface area is 161 Å². The number of hydrogen-bond donors (Lipinski definition) is 2. The van der Waals surface area contributed by atoms with Gasteiger partial charge in [0.15, 0.2) is 0 Å². The van der Waals surface area contributed by atoms with E-state index in [0.29, 0.717) is 12.1 Å². The molecule has 1 heterocycles. The van der Waals surface area contributed by atoms with Crippen LogP contribution >= 0.6 is 0 Å². The van der Waals surface area contributed by atoms with Gasteiger partial charge in [-0.3, -0.25) is 0 Å². The molecule has 1 amide bonds. The zero-order valence-electron chi connectivity index (χ0n) is 15.1. The fourth-order valence-corrected chi connectivity index (χ4v) is 3.12. The first-order valence-electron chi connectivity index (χ1n) is 8.40. The van der Waals surface area contributed by atoms with Crippen LogP contribution in [0.15, 0.2) is 18.2 Å². The molecule has 12 heteroatoms. The zero-order valence-corrected chi connectivity index (χ0v) is 15.1. The Morgan fingerprint density at radius 2 is 1.83 bits per heavy atom. The lowest BCUT2D eigenvalue weighted by atomic mass is 9.85. The van der Waals surface area contributed by atoms with Gasteiger partial charge in [-0.15, -0.1) is 0 Å². The van der Waals surface area contributed by atoms with Crippen molar-refractivity contribution in [2.24, 2.45) is 0 Å². The van der Waals surface area contributed by atoms with Gasteiger partial charge in [0.05, 0.1) is 18.2 Å². The van der Waals surface area contributed by atoms with Crippen LogP contribution in [0.2, 0.25) is 0 Å². The summed E-state index contributed by atoms with van der Waals surface area (Å²) < 4.78 is 86.7. The van der Waals surface area contributed by atoms with Gasteiger partial charge in [-0.05, 0) is 18.2 Å². The smallest absolute Gasteiger partial charge is 0.418 e. The van der Waals surface area contributed by atoms with Crippen LogP contribution in [-0.2, 0) is 10.9 Å². The van der Waals surface area contributed by atoms with Crippen molar-refractivity contribution in [3.8, 4) is 0 Å². The van der Waals surface area contributed by atoms with Gasteiger partial charge in [0.2, 0.25) is 0 Å². The molecule has 0 saturated carbocycles. The van der Waals surface area contributed by atoms with Crippen LogP contribution in [0.5, 0.6) is 0 Å². The van der Waals surface area contributed by atoms with E-state index in [1.165, 1.54) is 0 Å². The standard InChI is InChI=1S/C17H18F6N2O4/c1-29-14(26)9-2-3-10(17(21,22)23)11(8-9)24-12(13(18)19)16(20)4-6-25(7-5-16)15(27)28/h2-3,8,12-13,24H,4-7H2,1H3,(H,27,28)/t12-/m0/s1. The molecule has 6 nitrogen and oxygen atoms in total. The third-order valence-corrected chi connectivity index (χ3v) is 4.73. The molecule has 0 bridgehead atoms. The molecule has 1 saturated heterocycles. The van der Waals surface area contributed by atoms with Gasteiger partial charge in [0.25, 0.3) is 6.43 Å². The number of ether oxygens (including phenoxy) is 1. The van der Waals surface area contributed by atoms with Gasteiger partial charge in [-0.25, -0.2) is 22.8 Å². The molecular weight excluding hydrogens is 410 g/mol. The Morgan fingerprint density at radius 1 is 1.24 bits per heavy atom. The lowest BCUT2D eigenvalue weighted by Crippen LogP contribution is -2.55. The first-order valence-corrected chi connectivity index (χ1v) is 8.40. The number of anilines is 1. The van der Waals surface area contributed by atoms with E-state index in [-0.39, 0.29) is 18.7 Å². The number of hydrogen-bond acceptors (Lipinski definition) is 4. The van der Waals surface area contributed by atoms with Gasteiger partial charge in [0.1, 0.15) is 11.7 Å². The number of piperidine rings is 1. The number of carboxylic acid groups (broad SMARTS) is 1. The van der Waals surface area contributed by atoms with E-state index in [9.17, 15) is 31.5 Å². The monoisotopic (exact) mass is 428 g/mol. The van der Waals surface area contributed by atoms with Crippen LogP contribution in [0, 0.1) is 0 Å². The van der Waals surface area contributed by atoms with E-state index in [4.69, 9.17) is 5.11 Å². The predicted octanol–water partition coefficient (Wildman–Crippen LogP) is 4.02. The van der Waals surface area contributed by atoms with E-state index in [0.717, 1.165) is 18.1 Å². The van der Waals surface area contributed by atoms with E-state index in [2.05, 4.69) is 4.74 Å². The second-order valence-electron chi connectivity index (χ2n) is 6.51. The van der Waals surface area contributed by atoms with Gasteiger partial charge >= 0.3 is 18.2 Å². The number of carbonyl (C=O) groups excluding carboxylic acids is 1. The van der Waals surface area contributed by atoms with Crippen molar-refractivity contribution in [3.05, 3.63) is 29.3 Å². The summed E-state index contributed by atoms with van der Waals surface area (Å²) in [6.07, 6.45) is -11.0. The van der Waals surface area contributed by atoms with Crippen LogP contribution in [-0.4, -0.2) is 60.4 Å². The molecule has 29 heavy (non-hydrogen) atoms. The maximum absolute atomic E-state index is 15.2. The number of amides is 1. The minimum atomic E-state index is -4.96. The van der Waals surface area contributed by atoms with Crippen molar-refractivity contribution < 1.29 is 45.8 Å². The van der Waals surface area contributed by atoms with Crippen molar-refractivity contribution in [3.63, 3.8) is 0 Å². The molecular formula is C17H18F6N2O4. The Balaban J connectivity index is 2.39. The molecule has 1 atom stereocenters. The molecule has 0 spiro atoms. The second-order valence-corrected chi connectivity index (χ2v) is 6.51. The highest BCUT2D eigenvalue weighted by Gasteiger charge is 2.48. The summed E-state index contributed by atoms with van der Waals surface area (Å²) in [4.78, 5) is 23.3. The molecule has 162 valence electrons. The topological polar surface area (TPSA) is 78.9 Å². The van der Waals surface area contributed by atoms with Crippen molar-refractivity contribution >= 4 is 17.7 Å². The highest BCUT2D eigenvalue weighted by molar-refractivity contribution is 5.90. The van der Waals surface area contributed by atoms with E-state index in [1.54, 1.807) is 0 Å². The Bertz CT molecular complexity index is 763. The molecule has 0 radical (unpaired) electrons. The fourth-order valence-electron chi connectivity index (χ4n) is 3.12. The zero-order chi connectivity index (χ0) is 22.0. The molecule has 2 rings (SSSR count). The highest BCUT2D eigenvalue weighted by Crippen LogP contribution is 2.39. The van der Waals surface area contributed by atoms with Crippen LogP contribution in [0.25, 0.3) is 0 Å². The van der Waals surface area contributed by atoms with Crippen molar-refractivity contribution in [1.82, 2.24) is 4.90 Å². The first-order chi connectivity index (χ1) is 13.4. The third-order valence-electron chi connectivity index (χ3n) is 4.73. The number of halogens is 6. The maximum atomic E-state index is 15.2. The molecule has 0 aromatic heterocycles. The molecule has 0 aliphatic carbocycles. The normalized spacial score (nSPS) is 17.7. The summed E-state index contributed by atoms with van der Waals surface area (Å²) in [5.74, 6) is -1.000. The summed E-state index contributed by atoms with van der Waals surface area (Å²) in [5.41, 5.74) is -5.26. The minimum Gasteiger partial charge on any atom is -0.465 e. The van der Waals surface area contributed by atoms with Crippen LogP contribution < -0.4 is 5.32 Å². The van der Waals surface area contributed by atoms with Crippen LogP contribution in [0.3, 0.4) is 0 Å². The molecule has 1 aromatic rings. The number of nitrogens with zero attached hydrogens (tertiary/aromatic N) is 1. The number of nitrogens with one attached hydrogen (secondary N) is 1. The summed E-state index contributed by atoms with van der Waals surface area (Å²) in [6.45, 7) is -0.768. The highest BCUT2D eigenvalue weighted by atomic mass is 19.4. The van der Waals surface area contributed by atoms with Crippen LogP contribution in [0.4, 0.5) is 36.8 Å². The number of methoxy groups -OCH3 is 1. The summed E-state index contributed by atoms with van der Waals surface area (Å²) in [5, 5.41) is 10.8.